The second-order valence-corrected chi connectivity index (χ2v) is 2.53. The van der Waals surface area contributed by atoms with Gasteiger partial charge in [0.1, 0.15) is 5.82 Å². The summed E-state index contributed by atoms with van der Waals surface area (Å²) >= 11 is 0. The Morgan fingerprint density at radius 3 is 2.50 bits per heavy atom. The fourth-order valence-corrected chi connectivity index (χ4v) is 0.890. The van der Waals surface area contributed by atoms with Gasteiger partial charge in [-0.05, 0) is 30.7 Å². The van der Waals surface area contributed by atoms with Crippen molar-refractivity contribution in [3.8, 4) is 0 Å². The van der Waals surface area contributed by atoms with Crippen LogP contribution in [0.1, 0.15) is 12.0 Å². The van der Waals surface area contributed by atoms with Gasteiger partial charge in [-0.15, -0.1) is 0 Å². The van der Waals surface area contributed by atoms with Crippen molar-refractivity contribution in [2.24, 2.45) is 5.73 Å². The van der Waals surface area contributed by atoms with Gasteiger partial charge in [0.25, 0.3) is 0 Å². The highest BCUT2D eigenvalue weighted by atomic mass is 19.1. The Hall–Kier alpha value is -1.15. The highest BCUT2D eigenvalue weighted by Gasteiger charge is 1.87. The summed E-state index contributed by atoms with van der Waals surface area (Å²) in [6.07, 6.45) is 4.77. The third-order valence-corrected chi connectivity index (χ3v) is 1.51. The first-order chi connectivity index (χ1) is 5.83. The van der Waals surface area contributed by atoms with Gasteiger partial charge in [-0.2, -0.15) is 0 Å². The maximum Gasteiger partial charge on any atom is 0.123 e. The van der Waals surface area contributed by atoms with Crippen LogP contribution in [0.3, 0.4) is 0 Å². The Labute approximate surface area is 71.7 Å². The van der Waals surface area contributed by atoms with E-state index in [0.717, 1.165) is 12.0 Å². The topological polar surface area (TPSA) is 26.0 Å². The van der Waals surface area contributed by atoms with Crippen molar-refractivity contribution in [2.75, 3.05) is 6.54 Å². The molecule has 1 aromatic carbocycles. The molecule has 0 aliphatic heterocycles. The third kappa shape index (κ3) is 2.84. The number of hydrogen-bond donors (Lipinski definition) is 1. The van der Waals surface area contributed by atoms with E-state index in [1.807, 2.05) is 12.2 Å². The molecule has 12 heavy (non-hydrogen) atoms. The molecule has 1 rings (SSSR count). The van der Waals surface area contributed by atoms with Crippen molar-refractivity contribution >= 4 is 6.08 Å². The molecule has 0 fully saturated rings. The molecule has 0 unspecified atom stereocenters. The van der Waals surface area contributed by atoms with Crippen LogP contribution in [0.4, 0.5) is 4.39 Å². The average molecular weight is 165 g/mol. The lowest BCUT2D eigenvalue weighted by Crippen LogP contribution is -1.94. The van der Waals surface area contributed by atoms with Crippen LogP contribution >= 0.6 is 0 Å². The molecular formula is C10H12FN. The summed E-state index contributed by atoms with van der Waals surface area (Å²) < 4.78 is 12.4. The largest absolute Gasteiger partial charge is 0.330 e. The predicted molar refractivity (Wildman–Crippen MR) is 49.1 cm³/mol. The minimum absolute atomic E-state index is 0.203. The van der Waals surface area contributed by atoms with Crippen LogP contribution < -0.4 is 5.73 Å². The standard InChI is InChI=1S/C10H12FN/c11-10-6-4-9(5-7-10)3-1-2-8-12/h1,3-7H,2,8,12H2/b3-1+. The summed E-state index contributed by atoms with van der Waals surface area (Å²) in [7, 11) is 0. The van der Waals surface area contributed by atoms with Crippen LogP contribution in [0.25, 0.3) is 6.08 Å². The van der Waals surface area contributed by atoms with Gasteiger partial charge in [-0.1, -0.05) is 24.3 Å². The van der Waals surface area contributed by atoms with Crippen molar-refractivity contribution in [2.45, 2.75) is 6.42 Å². The highest BCUT2D eigenvalue weighted by Crippen LogP contribution is 2.04. The maximum atomic E-state index is 12.4. The number of hydrogen-bond acceptors (Lipinski definition) is 1. The van der Waals surface area contributed by atoms with Crippen molar-refractivity contribution < 1.29 is 4.39 Å². The van der Waals surface area contributed by atoms with Gasteiger partial charge in [0.15, 0.2) is 0 Å². The van der Waals surface area contributed by atoms with Crippen LogP contribution in [0, 0.1) is 5.82 Å². The summed E-state index contributed by atoms with van der Waals surface area (Å²) in [5, 5.41) is 0. The Kier molecular flexibility index (Phi) is 3.48. The normalized spacial score (nSPS) is 10.8. The molecule has 0 saturated heterocycles. The molecule has 1 nitrogen and oxygen atoms in total. The van der Waals surface area contributed by atoms with E-state index in [-0.39, 0.29) is 5.82 Å². The maximum absolute atomic E-state index is 12.4. The first kappa shape index (κ1) is 8.94. The Morgan fingerprint density at radius 1 is 1.25 bits per heavy atom. The summed E-state index contributed by atoms with van der Waals surface area (Å²) in [4.78, 5) is 0. The zero-order valence-corrected chi connectivity index (χ0v) is 6.83. The molecular weight excluding hydrogens is 153 g/mol. The number of nitrogens with two attached hydrogens (primary N) is 1. The lowest BCUT2D eigenvalue weighted by Gasteiger charge is -1.91. The molecule has 1 aromatic rings. The molecule has 0 bridgehead atoms. The molecule has 0 heterocycles. The monoisotopic (exact) mass is 165 g/mol. The molecule has 0 saturated carbocycles. The third-order valence-electron chi connectivity index (χ3n) is 1.51. The molecule has 0 aromatic heterocycles. The Morgan fingerprint density at radius 2 is 1.92 bits per heavy atom. The molecule has 0 aliphatic rings. The van der Waals surface area contributed by atoms with Gasteiger partial charge in [-0.25, -0.2) is 4.39 Å². The smallest absolute Gasteiger partial charge is 0.123 e. The first-order valence-electron chi connectivity index (χ1n) is 3.95. The quantitative estimate of drug-likeness (QED) is 0.730. The van der Waals surface area contributed by atoms with Crippen LogP contribution in [0.5, 0.6) is 0 Å². The minimum atomic E-state index is -0.203. The van der Waals surface area contributed by atoms with E-state index in [9.17, 15) is 4.39 Å². The lowest BCUT2D eigenvalue weighted by molar-refractivity contribution is 0.628. The van der Waals surface area contributed by atoms with Crippen molar-refractivity contribution in [3.63, 3.8) is 0 Å². The van der Waals surface area contributed by atoms with Gasteiger partial charge >= 0.3 is 0 Å². The molecule has 0 atom stereocenters. The van der Waals surface area contributed by atoms with Gasteiger partial charge in [-0.3, -0.25) is 0 Å². The van der Waals surface area contributed by atoms with Crippen LogP contribution in [0.15, 0.2) is 30.3 Å². The molecule has 0 radical (unpaired) electrons. The van der Waals surface area contributed by atoms with E-state index >= 15 is 0 Å². The average Bonchev–Trinajstić information content (AvgIpc) is 2.09. The molecule has 64 valence electrons. The molecule has 0 aliphatic carbocycles. The zero-order valence-electron chi connectivity index (χ0n) is 6.83. The summed E-state index contributed by atoms with van der Waals surface area (Å²) in [5.74, 6) is -0.203. The molecule has 0 spiro atoms. The molecule has 0 amide bonds. The fraction of sp³-hybridized carbons (Fsp3) is 0.200. The van der Waals surface area contributed by atoms with E-state index in [2.05, 4.69) is 0 Å². The number of rotatable bonds is 3. The van der Waals surface area contributed by atoms with E-state index in [1.54, 1.807) is 12.1 Å². The van der Waals surface area contributed by atoms with Crippen molar-refractivity contribution in [1.29, 1.82) is 0 Å². The van der Waals surface area contributed by atoms with Crippen molar-refractivity contribution in [1.82, 2.24) is 0 Å². The van der Waals surface area contributed by atoms with E-state index in [1.165, 1.54) is 12.1 Å². The Bertz CT molecular complexity index is 251. The minimum Gasteiger partial charge on any atom is -0.330 e. The summed E-state index contributed by atoms with van der Waals surface area (Å²) in [6.45, 7) is 0.650. The van der Waals surface area contributed by atoms with Crippen LogP contribution in [-0.4, -0.2) is 6.54 Å². The zero-order chi connectivity index (χ0) is 8.81. The van der Waals surface area contributed by atoms with Gasteiger partial charge < -0.3 is 5.73 Å². The van der Waals surface area contributed by atoms with Crippen LogP contribution in [0.2, 0.25) is 0 Å². The van der Waals surface area contributed by atoms with Crippen LogP contribution in [-0.2, 0) is 0 Å². The van der Waals surface area contributed by atoms with Gasteiger partial charge in [0.2, 0.25) is 0 Å². The molecule has 2 heteroatoms. The highest BCUT2D eigenvalue weighted by molar-refractivity contribution is 5.48. The SMILES string of the molecule is NCC/C=C/c1ccc(F)cc1. The number of benzene rings is 1. The second kappa shape index (κ2) is 4.67. The van der Waals surface area contributed by atoms with Gasteiger partial charge in [0.05, 0.1) is 0 Å². The van der Waals surface area contributed by atoms with E-state index in [4.69, 9.17) is 5.73 Å². The van der Waals surface area contributed by atoms with Crippen molar-refractivity contribution in [3.05, 3.63) is 41.7 Å². The Balaban J connectivity index is 2.58. The van der Waals surface area contributed by atoms with E-state index < -0.39 is 0 Å². The van der Waals surface area contributed by atoms with Gasteiger partial charge in [0, 0.05) is 0 Å². The molecule has 2 N–H and O–H groups in total. The second-order valence-electron chi connectivity index (χ2n) is 2.53. The van der Waals surface area contributed by atoms with E-state index in [0.29, 0.717) is 6.54 Å². The summed E-state index contributed by atoms with van der Waals surface area (Å²) in [6, 6.07) is 6.37. The lowest BCUT2D eigenvalue weighted by atomic mass is 10.2. The summed E-state index contributed by atoms with van der Waals surface area (Å²) in [5.41, 5.74) is 6.31. The predicted octanol–water partition coefficient (Wildman–Crippen LogP) is 2.19. The fourth-order valence-electron chi connectivity index (χ4n) is 0.890. The number of halogens is 1. The first-order valence-corrected chi connectivity index (χ1v) is 3.95.